The summed E-state index contributed by atoms with van der Waals surface area (Å²) >= 11 is 0. The number of piperazine rings is 1. The quantitative estimate of drug-likeness (QED) is 0.801. The molecule has 3 heterocycles. The largest absolute Gasteiger partial charge is 0.340 e. The Morgan fingerprint density at radius 3 is 2.62 bits per heavy atom. The molecule has 0 saturated carbocycles. The number of carbonyl (C=O) groups is 1. The van der Waals surface area contributed by atoms with Gasteiger partial charge in [-0.2, -0.15) is 5.10 Å². The van der Waals surface area contributed by atoms with Gasteiger partial charge in [0, 0.05) is 65.5 Å². The predicted octanol–water partition coefficient (Wildman–Crippen LogP) is 0.837. The van der Waals surface area contributed by atoms with Crippen LogP contribution < -0.4 is 0 Å². The summed E-state index contributed by atoms with van der Waals surface area (Å²) in [5, 5.41) is 4.24. The van der Waals surface area contributed by atoms with Gasteiger partial charge < -0.3 is 9.80 Å². The Bertz CT molecular complexity index is 549. The van der Waals surface area contributed by atoms with Gasteiger partial charge in [0.05, 0.1) is 6.20 Å². The first-order chi connectivity index (χ1) is 11.5. The molecule has 1 amide bonds. The highest BCUT2D eigenvalue weighted by molar-refractivity contribution is 5.73. The van der Waals surface area contributed by atoms with E-state index in [9.17, 15) is 4.79 Å². The molecule has 134 valence electrons. The molecule has 2 aliphatic heterocycles. The highest BCUT2D eigenvalue weighted by Gasteiger charge is 2.35. The van der Waals surface area contributed by atoms with Crippen molar-refractivity contribution >= 4 is 5.91 Å². The van der Waals surface area contributed by atoms with E-state index in [1.165, 1.54) is 31.6 Å². The zero-order valence-electron chi connectivity index (χ0n) is 15.3. The van der Waals surface area contributed by atoms with Crippen LogP contribution in [-0.2, 0) is 18.3 Å². The molecule has 0 spiro atoms. The Balaban J connectivity index is 1.42. The van der Waals surface area contributed by atoms with Gasteiger partial charge in [-0.1, -0.05) is 6.92 Å². The molecule has 6 heteroatoms. The number of hydrogen-bond acceptors (Lipinski definition) is 4. The first-order valence-corrected chi connectivity index (χ1v) is 9.22. The summed E-state index contributed by atoms with van der Waals surface area (Å²) < 4.78 is 1.88. The van der Waals surface area contributed by atoms with Crippen LogP contribution in [0.5, 0.6) is 0 Å². The molecule has 0 N–H and O–H groups in total. The Morgan fingerprint density at radius 1 is 1.25 bits per heavy atom. The smallest absolute Gasteiger partial charge is 0.219 e. The van der Waals surface area contributed by atoms with Crippen molar-refractivity contribution in [3.8, 4) is 0 Å². The molecule has 0 unspecified atom stereocenters. The number of carbonyl (C=O) groups excluding carboxylic acids is 1. The lowest BCUT2D eigenvalue weighted by Crippen LogP contribution is -2.53. The number of aryl methyl sites for hydroxylation is 2. The average molecular weight is 333 g/mol. The van der Waals surface area contributed by atoms with Gasteiger partial charge in [-0.05, 0) is 30.9 Å². The zero-order valence-corrected chi connectivity index (χ0v) is 15.3. The van der Waals surface area contributed by atoms with Crippen molar-refractivity contribution in [2.24, 2.45) is 13.0 Å². The van der Waals surface area contributed by atoms with Crippen LogP contribution in [0, 0.1) is 5.92 Å². The van der Waals surface area contributed by atoms with Crippen LogP contribution in [0.1, 0.15) is 25.8 Å². The molecule has 1 aromatic heterocycles. The van der Waals surface area contributed by atoms with Gasteiger partial charge in [0.1, 0.15) is 0 Å². The molecule has 2 fully saturated rings. The number of rotatable bonds is 5. The molecule has 0 radical (unpaired) electrons. The second kappa shape index (κ2) is 7.66. The van der Waals surface area contributed by atoms with Crippen molar-refractivity contribution < 1.29 is 4.79 Å². The fourth-order valence-electron chi connectivity index (χ4n) is 4.18. The summed E-state index contributed by atoms with van der Waals surface area (Å²) in [6, 6.07) is 0.650. The lowest BCUT2D eigenvalue weighted by Gasteiger charge is -2.39. The van der Waals surface area contributed by atoms with Gasteiger partial charge in [-0.15, -0.1) is 0 Å². The predicted molar refractivity (Wildman–Crippen MR) is 94.7 cm³/mol. The average Bonchev–Trinajstić information content (AvgIpc) is 3.13. The summed E-state index contributed by atoms with van der Waals surface area (Å²) in [6.07, 6.45) is 6.40. The fraction of sp³-hybridized carbons (Fsp3) is 0.778. The number of aromatic nitrogens is 2. The molecule has 1 aromatic rings. The molecule has 0 aliphatic carbocycles. The van der Waals surface area contributed by atoms with E-state index < -0.39 is 0 Å². The van der Waals surface area contributed by atoms with E-state index >= 15 is 0 Å². The highest BCUT2D eigenvalue weighted by atomic mass is 16.2. The van der Waals surface area contributed by atoms with Gasteiger partial charge in [0.25, 0.3) is 0 Å². The Labute approximate surface area is 145 Å². The van der Waals surface area contributed by atoms with E-state index in [1.807, 2.05) is 22.8 Å². The minimum atomic E-state index is 0.214. The molecule has 0 aromatic carbocycles. The fourth-order valence-corrected chi connectivity index (χ4v) is 4.18. The third kappa shape index (κ3) is 4.16. The van der Waals surface area contributed by atoms with Gasteiger partial charge >= 0.3 is 0 Å². The number of hydrogen-bond donors (Lipinski definition) is 0. The molecule has 2 saturated heterocycles. The van der Waals surface area contributed by atoms with Crippen molar-refractivity contribution in [3.05, 3.63) is 18.0 Å². The third-order valence-corrected chi connectivity index (χ3v) is 5.58. The Morgan fingerprint density at radius 2 is 2.00 bits per heavy atom. The van der Waals surface area contributed by atoms with Gasteiger partial charge in [0.2, 0.25) is 5.91 Å². The monoisotopic (exact) mass is 333 g/mol. The Kier molecular flexibility index (Phi) is 5.56. The number of nitrogens with zero attached hydrogens (tertiary/aromatic N) is 5. The van der Waals surface area contributed by atoms with E-state index in [0.717, 1.165) is 32.6 Å². The van der Waals surface area contributed by atoms with Crippen molar-refractivity contribution in [2.75, 3.05) is 45.8 Å². The Hall–Kier alpha value is -1.40. The summed E-state index contributed by atoms with van der Waals surface area (Å²) in [4.78, 5) is 18.7. The van der Waals surface area contributed by atoms with Crippen molar-refractivity contribution in [2.45, 2.75) is 32.7 Å². The maximum Gasteiger partial charge on any atom is 0.219 e. The van der Waals surface area contributed by atoms with E-state index in [2.05, 4.69) is 28.0 Å². The number of likely N-dealkylation sites (tertiary alicyclic amines) is 1. The summed E-state index contributed by atoms with van der Waals surface area (Å²) in [6.45, 7) is 11.4. The van der Waals surface area contributed by atoms with E-state index in [0.29, 0.717) is 12.0 Å². The van der Waals surface area contributed by atoms with Crippen LogP contribution in [0.4, 0.5) is 0 Å². The molecule has 3 rings (SSSR count). The molecule has 6 nitrogen and oxygen atoms in total. The topological polar surface area (TPSA) is 44.6 Å². The van der Waals surface area contributed by atoms with Crippen molar-refractivity contribution in [3.63, 3.8) is 0 Å². The minimum Gasteiger partial charge on any atom is -0.340 e. The van der Waals surface area contributed by atoms with Crippen LogP contribution in [0.25, 0.3) is 0 Å². The van der Waals surface area contributed by atoms with Crippen molar-refractivity contribution in [1.29, 1.82) is 0 Å². The van der Waals surface area contributed by atoms with Crippen LogP contribution in [0.15, 0.2) is 12.4 Å². The van der Waals surface area contributed by atoms with E-state index in [-0.39, 0.29) is 5.91 Å². The van der Waals surface area contributed by atoms with E-state index in [1.54, 1.807) is 6.92 Å². The van der Waals surface area contributed by atoms with Gasteiger partial charge in [0.15, 0.2) is 0 Å². The lowest BCUT2D eigenvalue weighted by atomic mass is 10.0. The second-order valence-corrected chi connectivity index (χ2v) is 7.47. The van der Waals surface area contributed by atoms with Crippen LogP contribution in [-0.4, -0.2) is 82.2 Å². The first-order valence-electron chi connectivity index (χ1n) is 9.22. The molecule has 0 bridgehead atoms. The lowest BCUT2D eigenvalue weighted by molar-refractivity contribution is -0.130. The van der Waals surface area contributed by atoms with Gasteiger partial charge in [-0.3, -0.25) is 14.4 Å². The molecule has 2 aliphatic rings. The van der Waals surface area contributed by atoms with E-state index in [4.69, 9.17) is 0 Å². The summed E-state index contributed by atoms with van der Waals surface area (Å²) in [5.41, 5.74) is 1.33. The summed E-state index contributed by atoms with van der Waals surface area (Å²) in [5.74, 6) is 0.929. The van der Waals surface area contributed by atoms with Gasteiger partial charge in [-0.25, -0.2) is 0 Å². The van der Waals surface area contributed by atoms with Crippen LogP contribution in [0.2, 0.25) is 0 Å². The maximum atomic E-state index is 11.5. The zero-order chi connectivity index (χ0) is 17.1. The third-order valence-electron chi connectivity index (χ3n) is 5.58. The number of amides is 1. The highest BCUT2D eigenvalue weighted by Crippen LogP contribution is 2.23. The SMILES string of the molecule is CC(=O)N1CCN([C@@H]2CN(CCCc3cnn(C)c3)C[C@H]2C)CC1. The van der Waals surface area contributed by atoms with Crippen LogP contribution >= 0.6 is 0 Å². The minimum absolute atomic E-state index is 0.214. The first kappa shape index (κ1) is 17.4. The maximum absolute atomic E-state index is 11.5. The standard InChI is InChI=1S/C18H31N5O/c1-15-12-21(6-4-5-17-11-19-20(3)13-17)14-18(15)23-9-7-22(8-10-23)16(2)24/h11,13,15,18H,4-10,12,14H2,1-3H3/t15-,18-/m1/s1. The molecule has 2 atom stereocenters. The van der Waals surface area contributed by atoms with Crippen molar-refractivity contribution in [1.82, 2.24) is 24.5 Å². The molecule has 24 heavy (non-hydrogen) atoms. The molecular formula is C18H31N5O. The second-order valence-electron chi connectivity index (χ2n) is 7.47. The summed E-state index contributed by atoms with van der Waals surface area (Å²) in [7, 11) is 1.97. The normalized spacial score (nSPS) is 26.2. The molecular weight excluding hydrogens is 302 g/mol. The van der Waals surface area contributed by atoms with Crippen LogP contribution in [0.3, 0.4) is 0 Å².